The molecule has 0 amide bonds. The molecule has 0 fully saturated rings. The van der Waals surface area contributed by atoms with E-state index in [1.165, 1.54) is 22.6 Å². The van der Waals surface area contributed by atoms with E-state index in [0.29, 0.717) is 0 Å². The third kappa shape index (κ3) is 3.96. The molecule has 4 nitrogen and oxygen atoms in total. The molecule has 0 aliphatic carbocycles. The van der Waals surface area contributed by atoms with Crippen LogP contribution in [0.2, 0.25) is 0 Å². The van der Waals surface area contributed by atoms with Gasteiger partial charge in [-0.3, -0.25) is 4.79 Å². The van der Waals surface area contributed by atoms with E-state index in [2.05, 4.69) is 9.72 Å². The summed E-state index contributed by atoms with van der Waals surface area (Å²) >= 11 is 1.45. The molecule has 0 unspecified atom stereocenters. The number of ether oxygens (including phenoxy) is 1. The van der Waals surface area contributed by atoms with Crippen LogP contribution in [-0.2, 0) is 17.9 Å². The molecule has 9 heteroatoms. The number of aliphatic carboxylic acids is 1. The van der Waals surface area contributed by atoms with Crippen LogP contribution >= 0.6 is 22.6 Å². The molecule has 0 aromatic carbocycles. The normalized spacial score (nSPS) is 11.4. The molecule has 0 radical (unpaired) electrons. The lowest BCUT2D eigenvalue weighted by Crippen LogP contribution is -2.20. The molecular weight excluding hydrogens is 373 g/mol. The van der Waals surface area contributed by atoms with Gasteiger partial charge < -0.3 is 9.84 Å². The zero-order valence-electron chi connectivity index (χ0n) is 8.59. The molecule has 0 saturated heterocycles. The summed E-state index contributed by atoms with van der Waals surface area (Å²) in [5, 5.41) is 8.62. The predicted octanol–water partition coefficient (Wildman–Crippen LogP) is 2.68. The number of nitrogens with zero attached hydrogens (tertiary/aromatic N) is 1. The zero-order valence-corrected chi connectivity index (χ0v) is 10.7. The first-order valence-electron chi connectivity index (χ1n) is 4.44. The van der Waals surface area contributed by atoms with E-state index >= 15 is 0 Å². The van der Waals surface area contributed by atoms with E-state index in [9.17, 15) is 22.4 Å². The van der Waals surface area contributed by atoms with Crippen LogP contribution < -0.4 is 4.74 Å². The fourth-order valence-corrected chi connectivity index (χ4v) is 1.80. The van der Waals surface area contributed by atoms with Crippen molar-refractivity contribution in [1.29, 1.82) is 0 Å². The maximum absolute atomic E-state index is 12.6. The molecular formula is C9H6F4INO3. The largest absolute Gasteiger partial charge is 0.573 e. The molecule has 100 valence electrons. The molecule has 0 atom stereocenters. The lowest BCUT2D eigenvalue weighted by Gasteiger charge is -2.15. The van der Waals surface area contributed by atoms with Gasteiger partial charge in [-0.25, -0.2) is 9.37 Å². The highest BCUT2D eigenvalue weighted by molar-refractivity contribution is 14.1. The summed E-state index contributed by atoms with van der Waals surface area (Å²) in [5.41, 5.74) is -0.598. The van der Waals surface area contributed by atoms with E-state index < -0.39 is 31.2 Å². The molecule has 0 spiro atoms. The Hall–Kier alpha value is -1.13. The van der Waals surface area contributed by atoms with Gasteiger partial charge in [-0.1, -0.05) is 0 Å². The molecule has 0 saturated carbocycles. The monoisotopic (exact) mass is 379 g/mol. The van der Waals surface area contributed by atoms with Crippen molar-refractivity contribution in [3.8, 4) is 5.75 Å². The van der Waals surface area contributed by atoms with Crippen LogP contribution in [-0.4, -0.2) is 22.4 Å². The first-order chi connectivity index (χ1) is 8.24. The molecule has 0 bridgehead atoms. The smallest absolute Gasteiger partial charge is 0.481 e. The minimum Gasteiger partial charge on any atom is -0.481 e. The van der Waals surface area contributed by atoms with E-state index in [1.54, 1.807) is 0 Å². The summed E-state index contributed by atoms with van der Waals surface area (Å²) in [7, 11) is 0. The minimum absolute atomic E-state index is 0.182. The number of carboxylic acid groups (broad SMARTS) is 1. The van der Waals surface area contributed by atoms with E-state index in [1.807, 2.05) is 0 Å². The molecule has 0 aliphatic heterocycles. The minimum atomic E-state index is -5.00. The average Bonchev–Trinajstić information content (AvgIpc) is 2.21. The topological polar surface area (TPSA) is 59.4 Å². The van der Waals surface area contributed by atoms with Crippen molar-refractivity contribution >= 4 is 28.6 Å². The molecule has 1 heterocycles. The number of halogens is 5. The van der Waals surface area contributed by atoms with Gasteiger partial charge in [-0.15, -0.1) is 13.2 Å². The number of carboxylic acids is 1. The third-order valence-corrected chi connectivity index (χ3v) is 2.64. The Bertz CT molecular complexity index is 464. The summed E-state index contributed by atoms with van der Waals surface area (Å²) in [6.07, 6.45) is -4.78. The van der Waals surface area contributed by atoms with Crippen molar-refractivity contribution in [2.24, 2.45) is 0 Å². The summed E-state index contributed by atoms with van der Waals surface area (Å²) in [6, 6.07) is 0. The van der Waals surface area contributed by atoms with Gasteiger partial charge in [0, 0.05) is 17.3 Å². The van der Waals surface area contributed by atoms with Crippen LogP contribution in [0.5, 0.6) is 5.75 Å². The van der Waals surface area contributed by atoms with Gasteiger partial charge in [0.05, 0.1) is 6.42 Å². The van der Waals surface area contributed by atoms with Gasteiger partial charge in [-0.05, 0) is 22.6 Å². The Kier molecular flexibility index (Phi) is 4.71. The number of carbonyl (C=O) groups is 1. The zero-order chi connectivity index (χ0) is 13.9. The molecule has 1 aromatic rings. The maximum atomic E-state index is 12.6. The highest BCUT2D eigenvalue weighted by atomic mass is 127. The van der Waals surface area contributed by atoms with Crippen molar-refractivity contribution in [3.63, 3.8) is 0 Å². The Morgan fingerprint density at radius 3 is 2.56 bits per heavy atom. The van der Waals surface area contributed by atoms with Crippen LogP contribution in [0.15, 0.2) is 6.20 Å². The Labute approximate surface area is 112 Å². The van der Waals surface area contributed by atoms with Crippen molar-refractivity contribution < 1.29 is 32.2 Å². The standard InChI is InChI=1S/C9H6F4INO3/c10-2-4-3-15-8(14)7(18-9(11,12)13)5(4)1-6(16)17/h3H,1-2H2,(H,16,17). The summed E-state index contributed by atoms with van der Waals surface area (Å²) in [5.74, 6) is -2.15. The van der Waals surface area contributed by atoms with Crippen LogP contribution in [0.25, 0.3) is 0 Å². The van der Waals surface area contributed by atoms with Crippen molar-refractivity contribution in [1.82, 2.24) is 4.98 Å². The number of aromatic nitrogens is 1. The molecule has 1 rings (SSSR count). The molecule has 0 aliphatic rings. The van der Waals surface area contributed by atoms with Crippen molar-refractivity contribution in [3.05, 3.63) is 21.0 Å². The first-order valence-corrected chi connectivity index (χ1v) is 5.52. The van der Waals surface area contributed by atoms with E-state index in [-0.39, 0.29) is 14.8 Å². The molecule has 1 aromatic heterocycles. The highest BCUT2D eigenvalue weighted by Crippen LogP contribution is 2.32. The quantitative estimate of drug-likeness (QED) is 0.497. The summed E-state index contributed by atoms with van der Waals surface area (Å²) in [6.45, 7) is -1.12. The average molecular weight is 379 g/mol. The van der Waals surface area contributed by atoms with Crippen molar-refractivity contribution in [2.45, 2.75) is 19.5 Å². The second-order valence-electron chi connectivity index (χ2n) is 3.13. The molecule has 1 N–H and O–H groups in total. The Balaban J connectivity index is 3.31. The highest BCUT2D eigenvalue weighted by Gasteiger charge is 2.34. The SMILES string of the molecule is O=C(O)Cc1c(CF)cnc(I)c1OC(F)(F)F. The number of alkyl halides is 4. The second kappa shape index (κ2) is 5.67. The Morgan fingerprint density at radius 1 is 1.50 bits per heavy atom. The van der Waals surface area contributed by atoms with Gasteiger partial charge in [0.25, 0.3) is 0 Å². The van der Waals surface area contributed by atoms with Crippen LogP contribution in [0, 0.1) is 3.70 Å². The van der Waals surface area contributed by atoms with E-state index in [4.69, 9.17) is 5.11 Å². The van der Waals surface area contributed by atoms with Crippen LogP contribution in [0.4, 0.5) is 17.6 Å². The predicted molar refractivity (Wildman–Crippen MR) is 59.8 cm³/mol. The van der Waals surface area contributed by atoms with Gasteiger partial charge in [-0.2, -0.15) is 0 Å². The third-order valence-electron chi connectivity index (χ3n) is 1.87. The first kappa shape index (κ1) is 14.9. The number of hydrogen-bond acceptors (Lipinski definition) is 3. The van der Waals surface area contributed by atoms with Crippen molar-refractivity contribution in [2.75, 3.05) is 0 Å². The lowest BCUT2D eigenvalue weighted by atomic mass is 10.1. The lowest BCUT2D eigenvalue weighted by molar-refractivity contribution is -0.275. The second-order valence-corrected chi connectivity index (χ2v) is 4.16. The van der Waals surface area contributed by atoms with Crippen LogP contribution in [0.3, 0.4) is 0 Å². The maximum Gasteiger partial charge on any atom is 0.573 e. The van der Waals surface area contributed by atoms with Gasteiger partial charge in [0.15, 0.2) is 5.75 Å². The van der Waals surface area contributed by atoms with Crippen LogP contribution in [0.1, 0.15) is 11.1 Å². The van der Waals surface area contributed by atoms with E-state index in [0.717, 1.165) is 6.20 Å². The fourth-order valence-electron chi connectivity index (χ4n) is 1.22. The fraction of sp³-hybridized carbons (Fsp3) is 0.333. The number of pyridine rings is 1. The number of rotatable bonds is 4. The van der Waals surface area contributed by atoms with Gasteiger partial charge in [0.1, 0.15) is 10.4 Å². The molecule has 18 heavy (non-hydrogen) atoms. The van der Waals surface area contributed by atoms with Gasteiger partial charge >= 0.3 is 12.3 Å². The Morgan fingerprint density at radius 2 is 2.11 bits per heavy atom. The summed E-state index contributed by atoms with van der Waals surface area (Å²) < 4.78 is 52.7. The summed E-state index contributed by atoms with van der Waals surface area (Å²) in [4.78, 5) is 14.1. The number of hydrogen-bond donors (Lipinski definition) is 1. The van der Waals surface area contributed by atoms with Gasteiger partial charge in [0.2, 0.25) is 0 Å².